The molecule has 0 aromatic rings. The molecule has 0 amide bonds. The van der Waals surface area contributed by atoms with Crippen LogP contribution in [-0.2, 0) is 23.9 Å². The Bertz CT molecular complexity index is 927. The molecule has 1 heterocycles. The molecule has 33 heavy (non-hydrogen) atoms. The van der Waals surface area contributed by atoms with Gasteiger partial charge in [-0.25, -0.2) is 0 Å². The number of ether oxygens (including phenoxy) is 2. The van der Waals surface area contributed by atoms with E-state index in [1.165, 1.54) is 6.08 Å². The van der Waals surface area contributed by atoms with Gasteiger partial charge in [0.25, 0.3) is 0 Å². The molecular weight excluding hydrogens is 428 g/mol. The van der Waals surface area contributed by atoms with E-state index < -0.39 is 59.3 Å². The number of fused-ring (bicyclic) bond motifs is 7. The van der Waals surface area contributed by atoms with E-state index in [9.17, 15) is 29.7 Å². The number of ketones is 3. The Labute approximate surface area is 193 Å². The molecule has 0 radical (unpaired) electrons. The van der Waals surface area contributed by atoms with Gasteiger partial charge in [0.05, 0.1) is 18.3 Å². The maximum Gasteiger partial charge on any atom is 0.193 e. The van der Waals surface area contributed by atoms with Gasteiger partial charge in [-0.05, 0) is 37.2 Å². The van der Waals surface area contributed by atoms with Crippen LogP contribution in [0.5, 0.6) is 0 Å². The van der Waals surface area contributed by atoms with Crippen LogP contribution in [0.1, 0.15) is 59.3 Å². The zero-order valence-corrected chi connectivity index (χ0v) is 19.5. The zero-order valence-electron chi connectivity index (χ0n) is 19.5. The first-order valence-electron chi connectivity index (χ1n) is 12.2. The highest BCUT2D eigenvalue weighted by Gasteiger charge is 2.76. The van der Waals surface area contributed by atoms with Crippen LogP contribution in [0.2, 0.25) is 0 Å². The minimum atomic E-state index is -1.38. The predicted octanol–water partition coefficient (Wildman–Crippen LogP) is 1.09. The summed E-state index contributed by atoms with van der Waals surface area (Å²) in [6.07, 6.45) is 0.463. The molecule has 5 aliphatic rings. The molecule has 8 heteroatoms. The normalized spacial score (nSPS) is 50.8. The maximum absolute atomic E-state index is 13.3. The van der Waals surface area contributed by atoms with Gasteiger partial charge in [-0.1, -0.05) is 27.2 Å². The van der Waals surface area contributed by atoms with Crippen molar-refractivity contribution < 1.29 is 39.2 Å². The van der Waals surface area contributed by atoms with Crippen molar-refractivity contribution >= 4 is 17.3 Å². The highest BCUT2D eigenvalue weighted by molar-refractivity contribution is 6.06. The Morgan fingerprint density at radius 1 is 1.21 bits per heavy atom. The molecule has 3 N–H and O–H groups in total. The molecule has 4 aliphatic carbocycles. The third kappa shape index (κ3) is 2.79. The lowest BCUT2D eigenvalue weighted by Crippen LogP contribution is -2.66. The van der Waals surface area contributed by atoms with Crippen LogP contribution in [0, 0.1) is 28.6 Å². The van der Waals surface area contributed by atoms with E-state index in [1.54, 1.807) is 6.92 Å². The maximum atomic E-state index is 13.3. The summed E-state index contributed by atoms with van der Waals surface area (Å²) in [5.41, 5.74) is -2.94. The Morgan fingerprint density at radius 2 is 1.94 bits per heavy atom. The van der Waals surface area contributed by atoms with Crippen molar-refractivity contribution in [1.82, 2.24) is 0 Å². The van der Waals surface area contributed by atoms with Crippen molar-refractivity contribution in [3.63, 3.8) is 0 Å². The van der Waals surface area contributed by atoms with Gasteiger partial charge in [0.15, 0.2) is 29.2 Å². The van der Waals surface area contributed by atoms with Crippen LogP contribution in [0.25, 0.3) is 0 Å². The van der Waals surface area contributed by atoms with Gasteiger partial charge in [-0.2, -0.15) is 0 Å². The monoisotopic (exact) mass is 462 g/mol. The van der Waals surface area contributed by atoms with Crippen molar-refractivity contribution in [2.75, 3.05) is 6.61 Å². The van der Waals surface area contributed by atoms with E-state index in [4.69, 9.17) is 9.47 Å². The second kappa shape index (κ2) is 7.52. The molecule has 1 saturated heterocycles. The summed E-state index contributed by atoms with van der Waals surface area (Å²) in [5, 5.41) is 32.4. The van der Waals surface area contributed by atoms with Crippen molar-refractivity contribution in [3.05, 3.63) is 11.6 Å². The van der Waals surface area contributed by atoms with Crippen LogP contribution in [-0.4, -0.2) is 69.5 Å². The van der Waals surface area contributed by atoms with Gasteiger partial charge in [-0.3, -0.25) is 14.4 Å². The SMILES string of the molecule is CCCC1O[C@@H]2C[C@H]3[C@@H]4CC(=O)C5=CC(=O)CC(O)[C@]5(C)[C@H]4[C@@H](O)C[C@]3(C)[C@]2(C(=O)CO)O1. The fourth-order valence-corrected chi connectivity index (χ4v) is 8.35. The number of Topliss-reactive ketones (excluding diaryl/α,β-unsaturated/α-hetero) is 2. The fourth-order valence-electron chi connectivity index (χ4n) is 8.35. The summed E-state index contributed by atoms with van der Waals surface area (Å²) < 4.78 is 12.5. The van der Waals surface area contributed by atoms with E-state index >= 15 is 0 Å². The third-order valence-electron chi connectivity index (χ3n) is 9.72. The first-order chi connectivity index (χ1) is 15.5. The van der Waals surface area contributed by atoms with Crippen LogP contribution in [0.4, 0.5) is 0 Å². The molecule has 0 aromatic heterocycles. The molecular formula is C25H34O8. The third-order valence-corrected chi connectivity index (χ3v) is 9.72. The van der Waals surface area contributed by atoms with Crippen LogP contribution < -0.4 is 0 Å². The van der Waals surface area contributed by atoms with Crippen molar-refractivity contribution in [2.24, 2.45) is 28.6 Å². The van der Waals surface area contributed by atoms with Gasteiger partial charge in [0, 0.05) is 35.2 Å². The molecule has 0 bridgehead atoms. The Hall–Kier alpha value is -1.45. The first-order valence-corrected chi connectivity index (χ1v) is 12.2. The number of rotatable bonds is 4. The standard InChI is InChI=1S/C25H34O8/c1-4-5-21-32-20-9-14-13-8-16(28)15-6-12(27)7-18(30)24(15,3)22(13)17(29)10-23(14,2)25(20,33-21)19(31)11-26/h6,13-14,17-18,20-22,26,29-30H,4-5,7-11H2,1-3H3/t13-,14-,17-,18?,20+,21?,22+,23-,24+,25+/m0/s1. The Balaban J connectivity index is 1.59. The number of hydrogen-bond acceptors (Lipinski definition) is 8. The van der Waals surface area contributed by atoms with Gasteiger partial charge in [0.2, 0.25) is 0 Å². The first kappa shape index (κ1) is 23.3. The molecule has 1 aliphatic heterocycles. The van der Waals surface area contributed by atoms with Crippen molar-refractivity contribution in [2.45, 2.75) is 89.5 Å². The van der Waals surface area contributed by atoms with E-state index in [0.717, 1.165) is 6.42 Å². The van der Waals surface area contributed by atoms with E-state index in [-0.39, 0.29) is 42.7 Å². The number of aliphatic hydroxyl groups excluding tert-OH is 3. The second-order valence-corrected chi connectivity index (χ2v) is 11.2. The second-order valence-electron chi connectivity index (χ2n) is 11.2. The molecule has 182 valence electrons. The predicted molar refractivity (Wildman–Crippen MR) is 115 cm³/mol. The lowest BCUT2D eigenvalue weighted by Gasteiger charge is -2.60. The number of carbonyl (C=O) groups is 3. The highest BCUT2D eigenvalue weighted by atomic mass is 16.7. The zero-order chi connectivity index (χ0) is 23.9. The number of aliphatic hydroxyl groups is 3. The highest BCUT2D eigenvalue weighted by Crippen LogP contribution is 2.69. The summed E-state index contributed by atoms with van der Waals surface area (Å²) in [6, 6.07) is 0. The molecule has 10 atom stereocenters. The average molecular weight is 463 g/mol. The van der Waals surface area contributed by atoms with Gasteiger partial charge >= 0.3 is 0 Å². The van der Waals surface area contributed by atoms with E-state index in [1.807, 2.05) is 13.8 Å². The molecule has 5 rings (SSSR count). The van der Waals surface area contributed by atoms with Gasteiger partial charge in [0.1, 0.15) is 6.61 Å². The summed E-state index contributed by atoms with van der Waals surface area (Å²) in [4.78, 5) is 38.6. The molecule has 0 aromatic carbocycles. The Morgan fingerprint density at radius 3 is 2.61 bits per heavy atom. The van der Waals surface area contributed by atoms with Crippen molar-refractivity contribution in [3.8, 4) is 0 Å². The van der Waals surface area contributed by atoms with E-state index in [2.05, 4.69) is 0 Å². The molecule has 2 unspecified atom stereocenters. The summed E-state index contributed by atoms with van der Waals surface area (Å²) >= 11 is 0. The van der Waals surface area contributed by atoms with Gasteiger partial charge < -0.3 is 24.8 Å². The summed E-state index contributed by atoms with van der Waals surface area (Å²) in [5.74, 6) is -1.83. The van der Waals surface area contributed by atoms with Crippen LogP contribution >= 0.6 is 0 Å². The number of hydrogen-bond donors (Lipinski definition) is 3. The number of carbonyl (C=O) groups excluding carboxylic acids is 3. The lowest BCUT2D eigenvalue weighted by molar-refractivity contribution is -0.208. The smallest absolute Gasteiger partial charge is 0.193 e. The summed E-state index contributed by atoms with van der Waals surface area (Å²) in [7, 11) is 0. The van der Waals surface area contributed by atoms with Crippen LogP contribution in [0.15, 0.2) is 11.6 Å². The van der Waals surface area contributed by atoms with Gasteiger partial charge in [-0.15, -0.1) is 0 Å². The largest absolute Gasteiger partial charge is 0.393 e. The van der Waals surface area contributed by atoms with Crippen LogP contribution in [0.3, 0.4) is 0 Å². The van der Waals surface area contributed by atoms with Crippen molar-refractivity contribution in [1.29, 1.82) is 0 Å². The molecule has 3 saturated carbocycles. The minimum Gasteiger partial charge on any atom is -0.393 e. The Kier molecular flexibility index (Phi) is 5.31. The molecule has 0 spiro atoms. The average Bonchev–Trinajstić information content (AvgIpc) is 3.22. The molecule has 8 nitrogen and oxygen atoms in total. The summed E-state index contributed by atoms with van der Waals surface area (Å²) in [6.45, 7) is 5.02. The fraction of sp³-hybridized carbons (Fsp3) is 0.800. The molecule has 4 fully saturated rings. The lowest BCUT2D eigenvalue weighted by atomic mass is 9.44. The quantitative estimate of drug-likeness (QED) is 0.566. The van der Waals surface area contributed by atoms with E-state index in [0.29, 0.717) is 18.4 Å². The topological polar surface area (TPSA) is 130 Å². The minimum absolute atomic E-state index is 0.0777.